The molecule has 21 heteroatoms. The average Bonchev–Trinajstić information content (AvgIpc) is 3.19. The number of carbonyl (C=O) groups is 3. The minimum absolute atomic E-state index is 0.00788. The predicted octanol–water partition coefficient (Wildman–Crippen LogP) is 8.73. The van der Waals surface area contributed by atoms with Gasteiger partial charge in [0, 0.05) is 22.1 Å². The summed E-state index contributed by atoms with van der Waals surface area (Å²) in [6, 6.07) is 20.9. The van der Waals surface area contributed by atoms with Gasteiger partial charge in [-0.2, -0.15) is 16.8 Å². The standard InChI is InChI=1S/C39H32N6O13S2/c1-3-57-37(48)27-9-5-7-11-29(27)42-44-33-31(59(51,52)53)19-21-17-23(13-15-25(21)35(33)46)40-39(50)41-24-14-16-26-22(18-24)20-32(60(54,55)56)34(36(26)47)45-43-30-12-8-6-10-28(30)38(49)58-4-2/h5-20,46-47H,3-4H2,1-2H3,(H2,40,41,50)(H,51,52,53)(H,54,55,56). The van der Waals surface area contributed by atoms with Crippen molar-refractivity contribution in [1.29, 1.82) is 0 Å². The molecule has 6 rings (SSSR count). The van der Waals surface area contributed by atoms with Crippen molar-refractivity contribution in [3.8, 4) is 11.5 Å². The number of urea groups is 1. The van der Waals surface area contributed by atoms with Crippen LogP contribution in [0.3, 0.4) is 0 Å². The fourth-order valence-electron chi connectivity index (χ4n) is 5.83. The molecular weight excluding hydrogens is 825 g/mol. The van der Waals surface area contributed by atoms with Gasteiger partial charge in [0.25, 0.3) is 20.2 Å². The van der Waals surface area contributed by atoms with E-state index in [-0.39, 0.29) is 68.6 Å². The highest BCUT2D eigenvalue weighted by atomic mass is 32.2. The lowest BCUT2D eigenvalue weighted by Gasteiger charge is -2.13. The summed E-state index contributed by atoms with van der Waals surface area (Å²) in [7, 11) is -10.1. The van der Waals surface area contributed by atoms with Crippen LogP contribution in [0.15, 0.2) is 127 Å². The highest BCUT2D eigenvalue weighted by Gasteiger charge is 2.25. The number of benzene rings is 6. The quantitative estimate of drug-likeness (QED) is 0.0382. The van der Waals surface area contributed by atoms with Crippen molar-refractivity contribution in [2.24, 2.45) is 20.5 Å². The number of hydrogen-bond donors (Lipinski definition) is 6. The number of rotatable bonds is 12. The molecule has 19 nitrogen and oxygen atoms in total. The van der Waals surface area contributed by atoms with E-state index in [0.29, 0.717) is 0 Å². The van der Waals surface area contributed by atoms with Crippen LogP contribution in [-0.4, -0.2) is 67.3 Å². The second-order valence-electron chi connectivity index (χ2n) is 12.4. The third-order valence-electron chi connectivity index (χ3n) is 8.49. The molecule has 308 valence electrons. The molecule has 60 heavy (non-hydrogen) atoms. The van der Waals surface area contributed by atoms with Crippen molar-refractivity contribution >= 4 is 93.9 Å². The maximum Gasteiger partial charge on any atom is 0.340 e. The summed E-state index contributed by atoms with van der Waals surface area (Å²) in [5.74, 6) is -2.82. The molecule has 0 bridgehead atoms. The van der Waals surface area contributed by atoms with Gasteiger partial charge in [0.1, 0.15) is 32.5 Å². The number of nitrogens with one attached hydrogen (secondary N) is 2. The maximum absolute atomic E-state index is 13.1. The number of ether oxygens (including phenoxy) is 2. The molecule has 0 radical (unpaired) electrons. The van der Waals surface area contributed by atoms with Gasteiger partial charge in [-0.15, -0.1) is 20.5 Å². The number of azo groups is 2. The predicted molar refractivity (Wildman–Crippen MR) is 217 cm³/mol. The van der Waals surface area contributed by atoms with Crippen LogP contribution < -0.4 is 10.6 Å². The summed E-state index contributed by atoms with van der Waals surface area (Å²) >= 11 is 0. The average molecular weight is 857 g/mol. The Morgan fingerprint density at radius 3 is 1.32 bits per heavy atom. The van der Waals surface area contributed by atoms with Crippen molar-refractivity contribution in [2.75, 3.05) is 23.8 Å². The third kappa shape index (κ3) is 9.18. The Bertz CT molecular complexity index is 2810. The van der Waals surface area contributed by atoms with Crippen LogP contribution in [0.25, 0.3) is 21.5 Å². The normalized spacial score (nSPS) is 11.9. The Hall–Kier alpha value is -7.33. The van der Waals surface area contributed by atoms with E-state index in [1.54, 1.807) is 38.1 Å². The van der Waals surface area contributed by atoms with Crippen LogP contribution in [-0.2, 0) is 29.7 Å². The first-order valence-electron chi connectivity index (χ1n) is 17.5. The van der Waals surface area contributed by atoms with Crippen LogP contribution in [0.1, 0.15) is 34.6 Å². The van der Waals surface area contributed by atoms with E-state index < -0.39 is 70.9 Å². The molecule has 6 aromatic carbocycles. The van der Waals surface area contributed by atoms with Crippen molar-refractivity contribution in [2.45, 2.75) is 23.6 Å². The molecule has 0 fully saturated rings. The number of anilines is 2. The van der Waals surface area contributed by atoms with E-state index in [4.69, 9.17) is 9.47 Å². The van der Waals surface area contributed by atoms with Crippen LogP contribution >= 0.6 is 0 Å². The van der Waals surface area contributed by atoms with Crippen LogP contribution in [0, 0.1) is 0 Å². The lowest BCUT2D eigenvalue weighted by atomic mass is 10.1. The first-order chi connectivity index (χ1) is 28.5. The Balaban J connectivity index is 1.27. The molecule has 0 aliphatic rings. The molecule has 6 aromatic rings. The largest absolute Gasteiger partial charge is 0.505 e. The van der Waals surface area contributed by atoms with Gasteiger partial charge in [0.2, 0.25) is 0 Å². The van der Waals surface area contributed by atoms with Crippen LogP contribution in [0.5, 0.6) is 11.5 Å². The summed E-state index contributed by atoms with van der Waals surface area (Å²) in [4.78, 5) is 36.2. The smallest absolute Gasteiger partial charge is 0.340 e. The zero-order valence-electron chi connectivity index (χ0n) is 31.2. The summed E-state index contributed by atoms with van der Waals surface area (Å²) in [5, 5.41) is 43.1. The maximum atomic E-state index is 13.1. The zero-order valence-corrected chi connectivity index (χ0v) is 32.9. The molecule has 0 saturated heterocycles. The van der Waals surface area contributed by atoms with Gasteiger partial charge in [-0.25, -0.2) is 14.4 Å². The van der Waals surface area contributed by atoms with E-state index in [1.165, 1.54) is 60.7 Å². The van der Waals surface area contributed by atoms with Gasteiger partial charge in [-0.1, -0.05) is 24.3 Å². The number of amides is 2. The molecule has 0 heterocycles. The Morgan fingerprint density at radius 1 is 0.567 bits per heavy atom. The molecule has 6 N–H and O–H groups in total. The number of hydrogen-bond acceptors (Lipinski definition) is 15. The lowest BCUT2D eigenvalue weighted by molar-refractivity contribution is 0.0517. The number of nitrogens with zero attached hydrogens (tertiary/aromatic N) is 4. The van der Waals surface area contributed by atoms with Crippen LogP contribution in [0.2, 0.25) is 0 Å². The number of aromatic hydroxyl groups is 2. The van der Waals surface area contributed by atoms with Gasteiger partial charge < -0.3 is 30.3 Å². The monoisotopic (exact) mass is 856 g/mol. The second kappa shape index (κ2) is 17.3. The van der Waals surface area contributed by atoms with Crippen molar-refractivity contribution < 1.29 is 60.0 Å². The molecule has 0 saturated carbocycles. The van der Waals surface area contributed by atoms with Crippen molar-refractivity contribution in [3.05, 3.63) is 108 Å². The Morgan fingerprint density at radius 2 is 0.950 bits per heavy atom. The highest BCUT2D eigenvalue weighted by Crippen LogP contribution is 2.44. The molecule has 0 aromatic heterocycles. The molecule has 0 atom stereocenters. The minimum Gasteiger partial charge on any atom is -0.505 e. The molecule has 2 amide bonds. The van der Waals surface area contributed by atoms with E-state index in [9.17, 15) is 50.5 Å². The first-order valence-corrected chi connectivity index (χ1v) is 20.4. The van der Waals surface area contributed by atoms with Gasteiger partial charge >= 0.3 is 18.0 Å². The van der Waals surface area contributed by atoms with E-state index in [1.807, 2.05) is 0 Å². The van der Waals surface area contributed by atoms with Crippen molar-refractivity contribution in [3.63, 3.8) is 0 Å². The lowest BCUT2D eigenvalue weighted by Crippen LogP contribution is -2.19. The van der Waals surface area contributed by atoms with Crippen molar-refractivity contribution in [1.82, 2.24) is 0 Å². The second-order valence-corrected chi connectivity index (χ2v) is 15.2. The first kappa shape index (κ1) is 42.3. The fraction of sp³-hybridized carbons (Fsp3) is 0.103. The minimum atomic E-state index is -5.03. The third-order valence-corrected chi connectivity index (χ3v) is 10.2. The Labute approximate surface area is 340 Å². The topological polar surface area (TPSA) is 292 Å². The summed E-state index contributed by atoms with van der Waals surface area (Å²) in [6.45, 7) is 3.37. The number of carbonyl (C=O) groups excluding carboxylic acids is 3. The Kier molecular flexibility index (Phi) is 12.2. The zero-order chi connectivity index (χ0) is 43.4. The summed E-state index contributed by atoms with van der Waals surface area (Å²) in [5.41, 5.74) is -1.07. The number of phenolic OH excluding ortho intramolecular Hbond substituents is 2. The fourth-order valence-corrected chi connectivity index (χ4v) is 7.15. The van der Waals surface area contributed by atoms with E-state index in [2.05, 4.69) is 31.1 Å². The summed E-state index contributed by atoms with van der Waals surface area (Å²) in [6.07, 6.45) is 0. The molecule has 0 aliphatic heterocycles. The van der Waals surface area contributed by atoms with Crippen LogP contribution in [0.4, 0.5) is 38.9 Å². The van der Waals surface area contributed by atoms with Gasteiger partial charge in [0.15, 0.2) is 11.5 Å². The van der Waals surface area contributed by atoms with Gasteiger partial charge in [0.05, 0.1) is 24.3 Å². The number of phenols is 2. The number of fused-ring (bicyclic) bond motifs is 2. The van der Waals surface area contributed by atoms with Gasteiger partial charge in [-0.05, 0) is 97.4 Å². The molecule has 0 aliphatic carbocycles. The van der Waals surface area contributed by atoms with E-state index >= 15 is 0 Å². The molecule has 0 spiro atoms. The van der Waals surface area contributed by atoms with E-state index in [0.717, 1.165) is 12.1 Å². The number of esters is 2. The highest BCUT2D eigenvalue weighted by molar-refractivity contribution is 7.86. The van der Waals surface area contributed by atoms with Gasteiger partial charge in [-0.3, -0.25) is 9.11 Å². The SMILES string of the molecule is CCOC(=O)c1ccccc1N=Nc1c(S(=O)(=O)O)cc2cc(NC(=O)Nc3ccc4c(O)c(N=Nc5ccccc5C(=O)OCC)c(S(=O)(=O)O)cc4c3)ccc2c1O. The molecule has 0 unspecified atom stereocenters. The molecular formula is C39H32N6O13S2. The summed E-state index contributed by atoms with van der Waals surface area (Å²) < 4.78 is 79.9.